The van der Waals surface area contributed by atoms with Gasteiger partial charge in [0.2, 0.25) is 5.91 Å². The maximum absolute atomic E-state index is 12.5. The molecule has 6 heteroatoms. The Balaban J connectivity index is 1.25. The lowest BCUT2D eigenvalue weighted by molar-refractivity contribution is -0.123. The first-order chi connectivity index (χ1) is 12.8. The average molecular weight is 372 g/mol. The van der Waals surface area contributed by atoms with Crippen LogP contribution in [0.15, 0.2) is 41.8 Å². The molecule has 2 aliphatic rings. The van der Waals surface area contributed by atoms with Gasteiger partial charge in [0.15, 0.2) is 0 Å². The summed E-state index contributed by atoms with van der Waals surface area (Å²) in [4.78, 5) is 18.7. The highest BCUT2D eigenvalue weighted by Gasteiger charge is 2.24. The normalized spacial score (nSPS) is 21.0. The van der Waals surface area contributed by atoms with Gasteiger partial charge in [-0.2, -0.15) is 0 Å². The Labute approximate surface area is 158 Å². The van der Waals surface area contributed by atoms with E-state index in [1.807, 2.05) is 35.6 Å². The topological polar surface area (TPSA) is 44.8 Å². The highest BCUT2D eigenvalue weighted by Crippen LogP contribution is 2.31. The summed E-state index contributed by atoms with van der Waals surface area (Å²) >= 11 is 1.81. The van der Waals surface area contributed by atoms with E-state index in [2.05, 4.69) is 32.6 Å². The molecule has 138 valence electrons. The van der Waals surface area contributed by atoms with Gasteiger partial charge >= 0.3 is 0 Å². The number of hydrogen-bond acceptors (Lipinski definition) is 5. The van der Waals surface area contributed by atoms with Crippen molar-refractivity contribution in [2.24, 2.45) is 0 Å². The summed E-state index contributed by atoms with van der Waals surface area (Å²) in [6, 6.07) is 12.3. The van der Waals surface area contributed by atoms with Crippen LogP contribution in [0.5, 0.6) is 5.75 Å². The first-order valence-electron chi connectivity index (χ1n) is 9.26. The van der Waals surface area contributed by atoms with Crippen molar-refractivity contribution in [3.05, 3.63) is 52.2 Å². The number of fused-ring (bicyclic) bond motifs is 1. The monoisotopic (exact) mass is 371 g/mol. The molecule has 1 N–H and O–H groups in total. The largest absolute Gasteiger partial charge is 0.493 e. The van der Waals surface area contributed by atoms with Crippen molar-refractivity contribution in [3.63, 3.8) is 0 Å². The number of carbonyl (C=O) groups excluding carboxylic acids is 1. The zero-order valence-corrected chi connectivity index (χ0v) is 15.7. The van der Waals surface area contributed by atoms with Crippen molar-refractivity contribution in [3.8, 4) is 5.75 Å². The Hall–Kier alpha value is -1.89. The zero-order valence-electron chi connectivity index (χ0n) is 14.9. The smallest absolute Gasteiger partial charge is 0.234 e. The van der Waals surface area contributed by atoms with Gasteiger partial charge in [0.25, 0.3) is 0 Å². The molecule has 3 heterocycles. The molecule has 2 aliphatic heterocycles. The van der Waals surface area contributed by atoms with E-state index in [4.69, 9.17) is 4.74 Å². The van der Waals surface area contributed by atoms with E-state index in [9.17, 15) is 4.79 Å². The van der Waals surface area contributed by atoms with Crippen LogP contribution < -0.4 is 10.1 Å². The lowest BCUT2D eigenvalue weighted by atomic mass is 10.0. The van der Waals surface area contributed by atoms with Crippen molar-refractivity contribution in [1.82, 2.24) is 15.1 Å². The molecule has 1 aromatic heterocycles. The Morgan fingerprint density at radius 2 is 1.92 bits per heavy atom. The van der Waals surface area contributed by atoms with Gasteiger partial charge in [0, 0.05) is 49.6 Å². The van der Waals surface area contributed by atoms with E-state index in [1.54, 1.807) is 0 Å². The summed E-state index contributed by atoms with van der Waals surface area (Å²) < 4.78 is 5.67. The van der Waals surface area contributed by atoms with Crippen LogP contribution in [0, 0.1) is 0 Å². The Kier molecular flexibility index (Phi) is 5.53. The fourth-order valence-electron chi connectivity index (χ4n) is 3.66. The van der Waals surface area contributed by atoms with Gasteiger partial charge in [-0.25, -0.2) is 0 Å². The van der Waals surface area contributed by atoms with Crippen LogP contribution in [-0.2, 0) is 11.3 Å². The minimum atomic E-state index is 0.0626. The van der Waals surface area contributed by atoms with Gasteiger partial charge in [-0.3, -0.25) is 14.6 Å². The lowest BCUT2D eigenvalue weighted by Crippen LogP contribution is -2.49. The van der Waals surface area contributed by atoms with Gasteiger partial charge in [-0.05, 0) is 17.5 Å². The molecule has 4 rings (SSSR count). The summed E-state index contributed by atoms with van der Waals surface area (Å²) in [5.74, 6) is 1.00. The van der Waals surface area contributed by atoms with E-state index in [-0.39, 0.29) is 11.9 Å². The number of nitrogens with one attached hydrogen (secondary N) is 1. The minimum Gasteiger partial charge on any atom is -0.493 e. The number of ether oxygens (including phenoxy) is 1. The van der Waals surface area contributed by atoms with Crippen molar-refractivity contribution in [2.75, 3.05) is 39.3 Å². The molecule has 26 heavy (non-hydrogen) atoms. The molecule has 0 spiro atoms. The molecule has 1 saturated heterocycles. The summed E-state index contributed by atoms with van der Waals surface area (Å²) in [5.41, 5.74) is 1.09. The fraction of sp³-hybridized carbons (Fsp3) is 0.450. The van der Waals surface area contributed by atoms with E-state index in [1.165, 1.54) is 4.88 Å². The van der Waals surface area contributed by atoms with Crippen molar-refractivity contribution in [2.45, 2.75) is 19.0 Å². The highest BCUT2D eigenvalue weighted by atomic mass is 32.1. The standard InChI is InChI=1S/C20H25N3O2S/c24-20(21-18-7-12-25-19-6-2-1-5-17(18)19)15-23-10-8-22(9-11-23)14-16-4-3-13-26-16/h1-6,13,18H,7-12,14-15H2,(H,21,24). The third-order valence-corrected chi connectivity index (χ3v) is 5.95. The van der Waals surface area contributed by atoms with Crippen LogP contribution >= 0.6 is 11.3 Å². The van der Waals surface area contributed by atoms with Gasteiger partial charge in [0.1, 0.15) is 5.75 Å². The number of benzene rings is 1. The molecular weight excluding hydrogens is 346 g/mol. The number of carbonyl (C=O) groups is 1. The second-order valence-electron chi connectivity index (χ2n) is 6.93. The maximum Gasteiger partial charge on any atom is 0.234 e. The summed E-state index contributed by atoms with van der Waals surface area (Å²) in [5, 5.41) is 5.33. The highest BCUT2D eigenvalue weighted by molar-refractivity contribution is 7.09. The molecule has 2 aromatic rings. The molecule has 0 saturated carbocycles. The molecule has 1 atom stereocenters. The van der Waals surface area contributed by atoms with E-state index in [0.29, 0.717) is 13.2 Å². The number of para-hydroxylation sites is 1. The molecule has 1 amide bonds. The Morgan fingerprint density at radius 3 is 2.73 bits per heavy atom. The van der Waals surface area contributed by atoms with Crippen molar-refractivity contribution < 1.29 is 9.53 Å². The molecule has 0 bridgehead atoms. The molecule has 0 radical (unpaired) electrons. The van der Waals surface area contributed by atoms with Gasteiger partial charge in [-0.1, -0.05) is 24.3 Å². The molecule has 5 nitrogen and oxygen atoms in total. The molecule has 1 aromatic carbocycles. The zero-order chi connectivity index (χ0) is 17.8. The van der Waals surface area contributed by atoms with Crippen LogP contribution in [0.4, 0.5) is 0 Å². The third-order valence-electron chi connectivity index (χ3n) is 5.09. The quantitative estimate of drug-likeness (QED) is 0.877. The van der Waals surface area contributed by atoms with E-state index in [0.717, 1.165) is 50.5 Å². The Morgan fingerprint density at radius 1 is 1.12 bits per heavy atom. The molecule has 0 aliphatic carbocycles. The molecular formula is C20H25N3O2S. The van der Waals surface area contributed by atoms with Crippen LogP contribution in [0.1, 0.15) is 22.9 Å². The first kappa shape index (κ1) is 17.5. The van der Waals surface area contributed by atoms with Crippen LogP contribution in [0.25, 0.3) is 0 Å². The number of nitrogens with zero attached hydrogens (tertiary/aromatic N) is 2. The molecule has 1 unspecified atom stereocenters. The number of piperazine rings is 1. The van der Waals surface area contributed by atoms with Crippen LogP contribution in [-0.4, -0.2) is 55.0 Å². The predicted molar refractivity (Wildman–Crippen MR) is 103 cm³/mol. The number of amides is 1. The third kappa shape index (κ3) is 4.26. The number of hydrogen-bond donors (Lipinski definition) is 1. The second-order valence-corrected chi connectivity index (χ2v) is 7.96. The second kappa shape index (κ2) is 8.20. The minimum absolute atomic E-state index is 0.0626. The Bertz CT molecular complexity index is 726. The number of rotatable bonds is 5. The lowest BCUT2D eigenvalue weighted by Gasteiger charge is -2.34. The first-order valence-corrected chi connectivity index (χ1v) is 10.1. The van der Waals surface area contributed by atoms with Crippen molar-refractivity contribution in [1.29, 1.82) is 0 Å². The van der Waals surface area contributed by atoms with Crippen LogP contribution in [0.2, 0.25) is 0 Å². The van der Waals surface area contributed by atoms with E-state index >= 15 is 0 Å². The summed E-state index contributed by atoms with van der Waals surface area (Å²) in [6.45, 7) is 6.09. The molecule has 1 fully saturated rings. The summed E-state index contributed by atoms with van der Waals surface area (Å²) in [7, 11) is 0. The van der Waals surface area contributed by atoms with E-state index < -0.39 is 0 Å². The maximum atomic E-state index is 12.5. The number of thiophene rings is 1. The summed E-state index contributed by atoms with van der Waals surface area (Å²) in [6.07, 6.45) is 0.831. The SMILES string of the molecule is O=C(CN1CCN(Cc2cccs2)CC1)NC1CCOc2ccccc21. The fourth-order valence-corrected chi connectivity index (χ4v) is 4.41. The van der Waals surface area contributed by atoms with Crippen molar-refractivity contribution >= 4 is 17.2 Å². The van der Waals surface area contributed by atoms with Crippen LogP contribution in [0.3, 0.4) is 0 Å². The average Bonchev–Trinajstić information content (AvgIpc) is 3.17. The van der Waals surface area contributed by atoms with Gasteiger partial charge < -0.3 is 10.1 Å². The van der Waals surface area contributed by atoms with Gasteiger partial charge in [-0.15, -0.1) is 11.3 Å². The predicted octanol–water partition coefficient (Wildman–Crippen LogP) is 2.51. The van der Waals surface area contributed by atoms with Gasteiger partial charge in [0.05, 0.1) is 19.2 Å².